The van der Waals surface area contributed by atoms with Gasteiger partial charge in [-0.25, -0.2) is 0 Å². The van der Waals surface area contributed by atoms with Gasteiger partial charge >= 0.3 is 0 Å². The van der Waals surface area contributed by atoms with Crippen molar-refractivity contribution < 1.29 is 9.53 Å². The standard InChI is InChI=1S/C17H24N2O2/c1-3-12-21-16-8-4-14(5-9-16)13-19(2)17(20)10-11-18-15-6-7-15/h3-5,8-9,15,18H,1,6-7,10-13H2,2H3. The highest BCUT2D eigenvalue weighted by Crippen LogP contribution is 2.18. The average molecular weight is 288 g/mol. The Hall–Kier alpha value is -1.81. The minimum atomic E-state index is 0.176. The maximum atomic E-state index is 12.0. The van der Waals surface area contributed by atoms with Gasteiger partial charge in [-0.2, -0.15) is 0 Å². The number of ether oxygens (including phenoxy) is 1. The molecular weight excluding hydrogens is 264 g/mol. The summed E-state index contributed by atoms with van der Waals surface area (Å²) in [7, 11) is 1.85. The number of hydrogen-bond acceptors (Lipinski definition) is 3. The zero-order valence-corrected chi connectivity index (χ0v) is 12.7. The van der Waals surface area contributed by atoms with Crippen molar-refractivity contribution in [1.29, 1.82) is 0 Å². The van der Waals surface area contributed by atoms with Crippen LogP contribution in [-0.4, -0.2) is 37.0 Å². The van der Waals surface area contributed by atoms with E-state index >= 15 is 0 Å². The summed E-state index contributed by atoms with van der Waals surface area (Å²) in [4.78, 5) is 13.8. The minimum absolute atomic E-state index is 0.176. The van der Waals surface area contributed by atoms with Crippen LogP contribution in [0.3, 0.4) is 0 Å². The van der Waals surface area contributed by atoms with E-state index in [9.17, 15) is 4.79 Å². The summed E-state index contributed by atoms with van der Waals surface area (Å²) in [5.41, 5.74) is 1.10. The maximum absolute atomic E-state index is 12.0. The quantitative estimate of drug-likeness (QED) is 0.709. The van der Waals surface area contributed by atoms with E-state index in [-0.39, 0.29) is 5.91 Å². The van der Waals surface area contributed by atoms with E-state index in [4.69, 9.17) is 4.74 Å². The molecule has 0 aliphatic heterocycles. The van der Waals surface area contributed by atoms with Gasteiger partial charge in [-0.15, -0.1) is 0 Å². The lowest BCUT2D eigenvalue weighted by molar-refractivity contribution is -0.130. The Morgan fingerprint density at radius 2 is 2.14 bits per heavy atom. The van der Waals surface area contributed by atoms with E-state index in [2.05, 4.69) is 11.9 Å². The van der Waals surface area contributed by atoms with Gasteiger partial charge < -0.3 is 15.0 Å². The highest BCUT2D eigenvalue weighted by molar-refractivity contribution is 5.76. The van der Waals surface area contributed by atoms with Gasteiger partial charge in [0.15, 0.2) is 0 Å². The summed E-state index contributed by atoms with van der Waals surface area (Å²) in [5.74, 6) is 0.997. The average Bonchev–Trinajstić information content (AvgIpc) is 3.30. The first kappa shape index (κ1) is 15.6. The number of hydrogen-bond donors (Lipinski definition) is 1. The lowest BCUT2D eigenvalue weighted by atomic mass is 10.2. The SMILES string of the molecule is C=CCOc1ccc(CN(C)C(=O)CCNC2CC2)cc1. The molecule has 1 amide bonds. The summed E-state index contributed by atoms with van der Waals surface area (Å²) in [6.07, 6.45) is 4.79. The van der Waals surface area contributed by atoms with Gasteiger partial charge in [-0.1, -0.05) is 24.8 Å². The van der Waals surface area contributed by atoms with Crippen LogP contribution in [0.15, 0.2) is 36.9 Å². The Morgan fingerprint density at radius 1 is 1.43 bits per heavy atom. The lowest BCUT2D eigenvalue weighted by Crippen LogP contribution is -2.30. The fourth-order valence-corrected chi connectivity index (χ4v) is 2.07. The second-order valence-corrected chi connectivity index (χ2v) is 5.47. The third-order valence-electron chi connectivity index (χ3n) is 3.49. The molecule has 1 N–H and O–H groups in total. The van der Waals surface area contributed by atoms with Gasteiger partial charge in [0.25, 0.3) is 0 Å². The van der Waals surface area contributed by atoms with Crippen molar-refractivity contribution in [3.8, 4) is 5.75 Å². The number of carbonyl (C=O) groups excluding carboxylic acids is 1. The van der Waals surface area contributed by atoms with Crippen LogP contribution in [-0.2, 0) is 11.3 Å². The van der Waals surface area contributed by atoms with Crippen molar-refractivity contribution >= 4 is 5.91 Å². The number of rotatable bonds is 9. The van der Waals surface area contributed by atoms with Crippen molar-refractivity contribution in [2.45, 2.75) is 31.8 Å². The second-order valence-electron chi connectivity index (χ2n) is 5.47. The molecule has 0 aromatic heterocycles. The number of carbonyl (C=O) groups is 1. The molecule has 0 atom stereocenters. The van der Waals surface area contributed by atoms with Crippen LogP contribution in [0.4, 0.5) is 0 Å². The molecule has 114 valence electrons. The van der Waals surface area contributed by atoms with Crippen molar-refractivity contribution in [3.63, 3.8) is 0 Å². The van der Waals surface area contributed by atoms with Crippen LogP contribution in [0.5, 0.6) is 5.75 Å². The number of nitrogens with one attached hydrogen (secondary N) is 1. The summed E-state index contributed by atoms with van der Waals surface area (Å²) < 4.78 is 5.44. The van der Waals surface area contributed by atoms with E-state index in [0.29, 0.717) is 25.6 Å². The summed E-state index contributed by atoms with van der Waals surface area (Å²) >= 11 is 0. The smallest absolute Gasteiger partial charge is 0.223 e. The maximum Gasteiger partial charge on any atom is 0.223 e. The second kappa shape index (κ2) is 7.84. The molecule has 1 aliphatic carbocycles. The Bertz CT molecular complexity index is 466. The molecule has 1 saturated carbocycles. The first-order valence-electron chi connectivity index (χ1n) is 7.49. The van der Waals surface area contributed by atoms with E-state index in [0.717, 1.165) is 17.9 Å². The predicted molar refractivity (Wildman–Crippen MR) is 84.2 cm³/mol. The highest BCUT2D eigenvalue weighted by atomic mass is 16.5. The molecule has 0 radical (unpaired) electrons. The zero-order valence-electron chi connectivity index (χ0n) is 12.7. The third kappa shape index (κ3) is 5.60. The summed E-state index contributed by atoms with van der Waals surface area (Å²) in [6, 6.07) is 8.48. The van der Waals surface area contributed by atoms with E-state index in [1.165, 1.54) is 12.8 Å². The first-order valence-corrected chi connectivity index (χ1v) is 7.49. The van der Waals surface area contributed by atoms with Gasteiger partial charge in [-0.05, 0) is 30.5 Å². The van der Waals surface area contributed by atoms with Crippen LogP contribution in [0.1, 0.15) is 24.8 Å². The van der Waals surface area contributed by atoms with Crippen LogP contribution in [0.2, 0.25) is 0 Å². The molecule has 0 heterocycles. The van der Waals surface area contributed by atoms with Crippen molar-refractivity contribution in [2.24, 2.45) is 0 Å². The van der Waals surface area contributed by atoms with Crippen LogP contribution in [0.25, 0.3) is 0 Å². The number of benzene rings is 1. The fraction of sp³-hybridized carbons (Fsp3) is 0.471. The normalized spacial score (nSPS) is 13.8. The lowest BCUT2D eigenvalue weighted by Gasteiger charge is -2.17. The summed E-state index contributed by atoms with van der Waals surface area (Å²) in [6.45, 7) is 5.53. The van der Waals surface area contributed by atoms with Gasteiger partial charge in [0.2, 0.25) is 5.91 Å². The molecule has 0 spiro atoms. The molecule has 1 fully saturated rings. The molecule has 4 nitrogen and oxygen atoms in total. The molecule has 21 heavy (non-hydrogen) atoms. The summed E-state index contributed by atoms with van der Waals surface area (Å²) in [5, 5.41) is 3.36. The first-order chi connectivity index (χ1) is 10.2. The third-order valence-corrected chi connectivity index (χ3v) is 3.49. The predicted octanol–water partition coefficient (Wildman–Crippen LogP) is 2.35. The molecule has 1 aliphatic rings. The van der Waals surface area contributed by atoms with Gasteiger partial charge in [0, 0.05) is 32.6 Å². The largest absolute Gasteiger partial charge is 0.490 e. The van der Waals surface area contributed by atoms with Gasteiger partial charge in [0.05, 0.1) is 0 Å². The van der Waals surface area contributed by atoms with Crippen molar-refractivity contribution in [2.75, 3.05) is 20.2 Å². The van der Waals surface area contributed by atoms with Crippen molar-refractivity contribution in [1.82, 2.24) is 10.2 Å². The number of amides is 1. The Labute approximate surface area is 126 Å². The molecule has 0 saturated heterocycles. The van der Waals surface area contributed by atoms with Crippen LogP contribution >= 0.6 is 0 Å². The zero-order chi connectivity index (χ0) is 15.1. The van der Waals surface area contributed by atoms with Gasteiger partial charge in [-0.3, -0.25) is 4.79 Å². The van der Waals surface area contributed by atoms with E-state index < -0.39 is 0 Å². The van der Waals surface area contributed by atoms with Crippen molar-refractivity contribution in [3.05, 3.63) is 42.5 Å². The Balaban J connectivity index is 1.73. The molecule has 1 aromatic carbocycles. The highest BCUT2D eigenvalue weighted by Gasteiger charge is 2.20. The molecule has 0 unspecified atom stereocenters. The van der Waals surface area contributed by atoms with Gasteiger partial charge in [0.1, 0.15) is 12.4 Å². The minimum Gasteiger partial charge on any atom is -0.490 e. The molecule has 1 aromatic rings. The Kier molecular flexibility index (Phi) is 5.81. The topological polar surface area (TPSA) is 41.6 Å². The monoisotopic (exact) mass is 288 g/mol. The molecule has 2 rings (SSSR count). The van der Waals surface area contributed by atoms with E-state index in [1.54, 1.807) is 11.0 Å². The molecular formula is C17H24N2O2. The van der Waals surface area contributed by atoms with E-state index in [1.807, 2.05) is 31.3 Å². The van der Waals surface area contributed by atoms with Crippen LogP contribution in [0, 0.1) is 0 Å². The fourth-order valence-electron chi connectivity index (χ4n) is 2.07. The molecule has 0 bridgehead atoms. The Morgan fingerprint density at radius 3 is 2.76 bits per heavy atom. The molecule has 4 heteroatoms. The number of nitrogens with zero attached hydrogens (tertiary/aromatic N) is 1. The van der Waals surface area contributed by atoms with Crippen LogP contribution < -0.4 is 10.1 Å².